The summed E-state index contributed by atoms with van der Waals surface area (Å²) in [6.45, 7) is -0.00406. The predicted molar refractivity (Wildman–Crippen MR) is 137 cm³/mol. The number of carbonyl (C=O) groups is 1. The van der Waals surface area contributed by atoms with Gasteiger partial charge < -0.3 is 5.32 Å². The minimum Gasteiger partial charge on any atom is -0.354 e. The molecule has 0 fully saturated rings. The number of thioether (sulfide) groups is 1. The molecule has 0 saturated carbocycles. The number of halogens is 3. The fourth-order valence-electron chi connectivity index (χ4n) is 2.91. The molecule has 1 N–H and O–H groups in total. The van der Waals surface area contributed by atoms with Crippen LogP contribution >= 0.6 is 46.6 Å². The molecule has 0 aliphatic rings. The lowest BCUT2D eigenvalue weighted by Crippen LogP contribution is -2.41. The minimum atomic E-state index is -4.03. The van der Waals surface area contributed by atoms with Gasteiger partial charge in [0.05, 0.1) is 15.6 Å². The molecule has 3 aromatic carbocycles. The van der Waals surface area contributed by atoms with E-state index in [1.165, 1.54) is 30.3 Å². The summed E-state index contributed by atoms with van der Waals surface area (Å²) >= 11 is 19.8. The highest BCUT2D eigenvalue weighted by atomic mass is 35.5. The van der Waals surface area contributed by atoms with Crippen molar-refractivity contribution in [3.05, 3.63) is 87.9 Å². The first-order chi connectivity index (χ1) is 15.8. The molecule has 33 heavy (non-hydrogen) atoms. The molecule has 3 aromatic rings. The van der Waals surface area contributed by atoms with Gasteiger partial charge in [0.15, 0.2) is 0 Å². The zero-order chi connectivity index (χ0) is 23.8. The minimum absolute atomic E-state index is 0.0585. The van der Waals surface area contributed by atoms with Crippen LogP contribution in [0, 0.1) is 0 Å². The molecular weight excluding hydrogens is 523 g/mol. The van der Waals surface area contributed by atoms with E-state index in [-0.39, 0.29) is 15.6 Å². The second-order valence-corrected chi connectivity index (χ2v) is 11.2. The van der Waals surface area contributed by atoms with Crippen LogP contribution in [0.3, 0.4) is 0 Å². The first-order valence-corrected chi connectivity index (χ1v) is 13.5. The molecule has 0 aromatic heterocycles. The number of amides is 1. The number of rotatable bonds is 10. The lowest BCUT2D eigenvalue weighted by molar-refractivity contribution is -0.119. The van der Waals surface area contributed by atoms with Crippen LogP contribution in [-0.4, -0.2) is 33.2 Å². The number of hydrogen-bond acceptors (Lipinski definition) is 4. The van der Waals surface area contributed by atoms with Crippen LogP contribution in [0.15, 0.2) is 82.6 Å². The Morgan fingerprint density at radius 2 is 1.58 bits per heavy atom. The van der Waals surface area contributed by atoms with Crippen molar-refractivity contribution >= 4 is 68.2 Å². The van der Waals surface area contributed by atoms with E-state index in [4.69, 9.17) is 34.8 Å². The van der Waals surface area contributed by atoms with Crippen molar-refractivity contribution in [2.24, 2.45) is 0 Å². The normalized spacial score (nSPS) is 11.2. The van der Waals surface area contributed by atoms with Gasteiger partial charge in [-0.05, 0) is 66.8 Å². The molecule has 0 heterocycles. The van der Waals surface area contributed by atoms with Crippen LogP contribution < -0.4 is 9.62 Å². The predicted octanol–water partition coefficient (Wildman–Crippen LogP) is 6.14. The van der Waals surface area contributed by atoms with Crippen molar-refractivity contribution in [1.82, 2.24) is 5.32 Å². The summed E-state index contributed by atoms with van der Waals surface area (Å²) in [6, 6.07) is 19.9. The lowest BCUT2D eigenvalue weighted by Gasteiger charge is -2.25. The van der Waals surface area contributed by atoms with Crippen LogP contribution in [0.5, 0.6) is 0 Å². The molecule has 0 atom stereocenters. The Bertz CT molecular complexity index is 1190. The third kappa shape index (κ3) is 7.29. The van der Waals surface area contributed by atoms with E-state index in [2.05, 4.69) is 5.32 Å². The van der Waals surface area contributed by atoms with Crippen molar-refractivity contribution in [3.8, 4) is 0 Å². The second-order valence-electron chi connectivity index (χ2n) is 6.93. The molecule has 1 amide bonds. The molecule has 0 radical (unpaired) electrons. The first kappa shape index (κ1) is 25.7. The Hall–Kier alpha value is -1.90. The third-order valence-electron chi connectivity index (χ3n) is 4.52. The van der Waals surface area contributed by atoms with Crippen LogP contribution in [0.25, 0.3) is 0 Å². The molecule has 3 rings (SSSR count). The first-order valence-electron chi connectivity index (χ1n) is 9.95. The fourth-order valence-corrected chi connectivity index (χ4v) is 5.91. The van der Waals surface area contributed by atoms with Gasteiger partial charge in [0.25, 0.3) is 10.0 Å². The van der Waals surface area contributed by atoms with Gasteiger partial charge in [-0.15, -0.1) is 11.8 Å². The number of benzene rings is 3. The molecule has 10 heteroatoms. The van der Waals surface area contributed by atoms with Gasteiger partial charge in [-0.1, -0.05) is 53.0 Å². The van der Waals surface area contributed by atoms with Gasteiger partial charge in [-0.25, -0.2) is 8.42 Å². The molecule has 0 bridgehead atoms. The summed E-state index contributed by atoms with van der Waals surface area (Å²) in [5.41, 5.74) is 0.179. The topological polar surface area (TPSA) is 66.5 Å². The Labute approximate surface area is 213 Å². The summed E-state index contributed by atoms with van der Waals surface area (Å²) in [5, 5.41) is 3.96. The average molecular weight is 544 g/mol. The highest BCUT2D eigenvalue weighted by Gasteiger charge is 2.28. The van der Waals surface area contributed by atoms with Gasteiger partial charge >= 0.3 is 0 Å². The zero-order valence-electron chi connectivity index (χ0n) is 17.4. The van der Waals surface area contributed by atoms with Crippen molar-refractivity contribution < 1.29 is 13.2 Å². The quantitative estimate of drug-likeness (QED) is 0.246. The fraction of sp³-hybridized carbons (Fsp3) is 0.174. The molecule has 174 valence electrons. The smallest absolute Gasteiger partial charge is 0.264 e. The van der Waals surface area contributed by atoms with Gasteiger partial charge in [-0.3, -0.25) is 9.10 Å². The standard InChI is InChI=1S/C23H21Cl3N2O3S2/c24-17-7-10-19(11-8-17)32-14-4-13-27-23(29)16-28(22-12-9-18(25)15-21(22)26)33(30,31)20-5-2-1-3-6-20/h1-3,5-12,15H,4,13-14,16H2,(H,27,29). The van der Waals surface area contributed by atoms with E-state index in [0.29, 0.717) is 23.0 Å². The van der Waals surface area contributed by atoms with E-state index in [1.807, 2.05) is 24.3 Å². The Kier molecular flexibility index (Phi) is 9.35. The number of nitrogens with one attached hydrogen (secondary N) is 1. The monoisotopic (exact) mass is 542 g/mol. The highest BCUT2D eigenvalue weighted by molar-refractivity contribution is 7.99. The van der Waals surface area contributed by atoms with Crippen LogP contribution in [0.2, 0.25) is 15.1 Å². The summed E-state index contributed by atoms with van der Waals surface area (Å²) in [4.78, 5) is 13.8. The van der Waals surface area contributed by atoms with Crippen molar-refractivity contribution in [1.29, 1.82) is 0 Å². The van der Waals surface area contributed by atoms with Gasteiger partial charge in [-0.2, -0.15) is 0 Å². The molecular formula is C23H21Cl3N2O3S2. The van der Waals surface area contributed by atoms with E-state index in [0.717, 1.165) is 15.0 Å². The van der Waals surface area contributed by atoms with Crippen molar-refractivity contribution in [2.45, 2.75) is 16.2 Å². The molecule has 0 spiro atoms. The lowest BCUT2D eigenvalue weighted by atomic mass is 10.3. The summed E-state index contributed by atoms with van der Waals surface area (Å²) < 4.78 is 27.6. The van der Waals surface area contributed by atoms with Gasteiger partial charge in [0.1, 0.15) is 6.54 Å². The number of sulfonamides is 1. The highest BCUT2D eigenvalue weighted by Crippen LogP contribution is 2.32. The zero-order valence-corrected chi connectivity index (χ0v) is 21.3. The molecule has 0 unspecified atom stereocenters. The Balaban J connectivity index is 1.65. The third-order valence-corrected chi connectivity index (χ3v) is 8.18. The number of carbonyl (C=O) groups excluding carboxylic acids is 1. The van der Waals surface area contributed by atoms with E-state index in [1.54, 1.807) is 30.0 Å². The number of nitrogens with zero attached hydrogens (tertiary/aromatic N) is 1. The van der Waals surface area contributed by atoms with E-state index < -0.39 is 22.5 Å². The second kappa shape index (κ2) is 12.0. The summed E-state index contributed by atoms with van der Waals surface area (Å²) in [6.07, 6.45) is 0.714. The van der Waals surface area contributed by atoms with Crippen molar-refractivity contribution in [2.75, 3.05) is 23.1 Å². The van der Waals surface area contributed by atoms with Gasteiger partial charge in [0, 0.05) is 21.5 Å². The summed E-state index contributed by atoms with van der Waals surface area (Å²) in [7, 11) is -4.03. The van der Waals surface area contributed by atoms with Gasteiger partial charge in [0.2, 0.25) is 5.91 Å². The van der Waals surface area contributed by atoms with Crippen LogP contribution in [-0.2, 0) is 14.8 Å². The SMILES string of the molecule is O=C(CN(c1ccc(Cl)cc1Cl)S(=O)(=O)c1ccccc1)NCCCSc1ccc(Cl)cc1. The Morgan fingerprint density at radius 3 is 2.24 bits per heavy atom. The van der Waals surface area contributed by atoms with Crippen molar-refractivity contribution in [3.63, 3.8) is 0 Å². The average Bonchev–Trinajstić information content (AvgIpc) is 2.79. The Morgan fingerprint density at radius 1 is 0.909 bits per heavy atom. The maximum Gasteiger partial charge on any atom is 0.264 e. The molecule has 0 aliphatic heterocycles. The maximum atomic E-state index is 13.3. The largest absolute Gasteiger partial charge is 0.354 e. The molecule has 0 aliphatic carbocycles. The molecule has 5 nitrogen and oxygen atoms in total. The molecule has 0 saturated heterocycles. The maximum absolute atomic E-state index is 13.3. The number of anilines is 1. The van der Waals surface area contributed by atoms with E-state index >= 15 is 0 Å². The van der Waals surface area contributed by atoms with E-state index in [9.17, 15) is 13.2 Å². The van der Waals surface area contributed by atoms with Crippen LogP contribution in [0.1, 0.15) is 6.42 Å². The van der Waals surface area contributed by atoms with Crippen LogP contribution in [0.4, 0.5) is 5.69 Å². The summed E-state index contributed by atoms with van der Waals surface area (Å²) in [5.74, 6) is 0.355. The number of hydrogen-bond donors (Lipinski definition) is 1.